The molecule has 0 atom stereocenters. The van der Waals surface area contributed by atoms with Crippen LogP contribution in [-0.2, 0) is 11.2 Å². The minimum absolute atomic E-state index is 0.0246. The summed E-state index contributed by atoms with van der Waals surface area (Å²) in [5.41, 5.74) is 1.13. The molecule has 0 spiro atoms. The van der Waals surface area contributed by atoms with Crippen molar-refractivity contribution in [3.8, 4) is 0 Å². The molecule has 3 aromatic rings. The van der Waals surface area contributed by atoms with E-state index in [1.54, 1.807) is 17.1 Å². The topological polar surface area (TPSA) is 77.0 Å². The summed E-state index contributed by atoms with van der Waals surface area (Å²) in [6.45, 7) is 8.32. The van der Waals surface area contributed by atoms with Gasteiger partial charge in [-0.25, -0.2) is 4.68 Å². The van der Waals surface area contributed by atoms with Crippen LogP contribution in [-0.4, -0.2) is 44.5 Å². The molecule has 2 N–H and O–H groups in total. The van der Waals surface area contributed by atoms with E-state index in [0.717, 1.165) is 5.56 Å². The van der Waals surface area contributed by atoms with Crippen molar-refractivity contribution in [1.82, 2.24) is 19.8 Å². The molecule has 0 aliphatic rings. The lowest BCUT2D eigenvalue weighted by atomic mass is 10.0. The van der Waals surface area contributed by atoms with Gasteiger partial charge in [0.15, 0.2) is 5.82 Å². The van der Waals surface area contributed by atoms with E-state index >= 15 is 0 Å². The molecule has 1 amide bonds. The minimum Gasteiger partial charge on any atom is -0.336 e. The van der Waals surface area contributed by atoms with Gasteiger partial charge >= 0.3 is 0 Å². The van der Waals surface area contributed by atoms with Crippen LogP contribution in [0.5, 0.6) is 0 Å². The molecule has 3 rings (SSSR count). The van der Waals surface area contributed by atoms with Crippen molar-refractivity contribution in [2.45, 2.75) is 11.6 Å². The molecule has 0 bridgehead atoms. The van der Waals surface area contributed by atoms with Gasteiger partial charge in [0, 0.05) is 19.5 Å². The fourth-order valence-corrected chi connectivity index (χ4v) is 3.73. The molecule has 7 heteroatoms. The highest BCUT2D eigenvalue weighted by Gasteiger charge is 2.16. The zero-order chi connectivity index (χ0) is 19.9. The van der Waals surface area contributed by atoms with Gasteiger partial charge in [0.05, 0.1) is 5.75 Å². The third-order valence-electron chi connectivity index (χ3n) is 4.34. The highest BCUT2D eigenvalue weighted by atomic mass is 32.2. The van der Waals surface area contributed by atoms with Crippen LogP contribution in [0.3, 0.4) is 0 Å². The van der Waals surface area contributed by atoms with E-state index in [1.807, 2.05) is 18.2 Å². The molecule has 0 radical (unpaired) electrons. The number of hydrogen-bond donors (Lipinski definition) is 1. The fraction of sp³-hybridized carbons (Fsp3) is 0.190. The van der Waals surface area contributed by atoms with Gasteiger partial charge in [0.1, 0.15) is 0 Å². The second kappa shape index (κ2) is 9.23. The molecule has 6 nitrogen and oxygen atoms in total. The molecule has 0 aliphatic heterocycles. The van der Waals surface area contributed by atoms with Crippen molar-refractivity contribution in [3.05, 3.63) is 79.2 Å². The second-order valence-corrected chi connectivity index (χ2v) is 7.19. The van der Waals surface area contributed by atoms with Crippen LogP contribution in [0.25, 0.3) is 10.8 Å². The number of amides is 1. The van der Waals surface area contributed by atoms with Gasteiger partial charge < -0.3 is 10.7 Å². The van der Waals surface area contributed by atoms with Gasteiger partial charge in [-0.3, -0.25) is 4.79 Å². The van der Waals surface area contributed by atoms with Gasteiger partial charge in [-0.15, -0.1) is 23.4 Å². The standard InChI is InChI=1S/C21H23N5OS/c1-3-12-25(13-4-2)20(27)15-28-21-24-23-19(26(21)22)14-17-10-7-9-16-8-5-6-11-18(16)17/h3-11H,1-2,12-15,22H2. The quantitative estimate of drug-likeness (QED) is 0.343. The van der Waals surface area contributed by atoms with E-state index in [1.165, 1.54) is 27.2 Å². The molecule has 144 valence electrons. The lowest BCUT2D eigenvalue weighted by Gasteiger charge is -2.18. The Morgan fingerprint density at radius 3 is 2.57 bits per heavy atom. The predicted molar refractivity (Wildman–Crippen MR) is 115 cm³/mol. The third kappa shape index (κ3) is 4.43. The van der Waals surface area contributed by atoms with Crippen molar-refractivity contribution < 1.29 is 4.79 Å². The van der Waals surface area contributed by atoms with Crippen LogP contribution in [0.2, 0.25) is 0 Å². The molecule has 0 unspecified atom stereocenters. The van der Waals surface area contributed by atoms with E-state index in [2.05, 4.69) is 47.6 Å². The SMILES string of the molecule is C=CCN(CC=C)C(=O)CSc1nnc(Cc2cccc3ccccc23)n1N. The monoisotopic (exact) mass is 393 g/mol. The Morgan fingerprint density at radius 2 is 1.82 bits per heavy atom. The van der Waals surface area contributed by atoms with Gasteiger partial charge in [0.2, 0.25) is 11.1 Å². The third-order valence-corrected chi connectivity index (χ3v) is 5.27. The summed E-state index contributed by atoms with van der Waals surface area (Å²) in [7, 11) is 0. The van der Waals surface area contributed by atoms with Crippen LogP contribution in [0, 0.1) is 0 Å². The van der Waals surface area contributed by atoms with Crippen LogP contribution in [0.15, 0.2) is 72.9 Å². The molecule has 1 heterocycles. The van der Waals surface area contributed by atoms with E-state index in [-0.39, 0.29) is 11.7 Å². The van der Waals surface area contributed by atoms with Crippen LogP contribution in [0.1, 0.15) is 11.4 Å². The van der Waals surface area contributed by atoms with E-state index < -0.39 is 0 Å². The molecular formula is C21H23N5OS. The first-order valence-corrected chi connectivity index (χ1v) is 9.91. The molecule has 0 aliphatic carbocycles. The predicted octanol–water partition coefficient (Wildman–Crippen LogP) is 3.03. The maximum absolute atomic E-state index is 12.4. The number of hydrogen-bond acceptors (Lipinski definition) is 5. The smallest absolute Gasteiger partial charge is 0.233 e. The Hall–Kier alpha value is -3.06. The number of nitrogen functional groups attached to an aromatic ring is 1. The Bertz CT molecular complexity index is 982. The number of thioether (sulfide) groups is 1. The first kappa shape index (κ1) is 19.7. The van der Waals surface area contributed by atoms with Gasteiger partial charge in [-0.2, -0.15) is 0 Å². The average molecular weight is 394 g/mol. The van der Waals surface area contributed by atoms with Crippen LogP contribution in [0.4, 0.5) is 0 Å². The molecule has 2 aromatic carbocycles. The number of carbonyl (C=O) groups is 1. The van der Waals surface area contributed by atoms with E-state index in [9.17, 15) is 4.79 Å². The zero-order valence-corrected chi connectivity index (χ0v) is 16.4. The lowest BCUT2D eigenvalue weighted by molar-refractivity contribution is -0.127. The summed E-state index contributed by atoms with van der Waals surface area (Å²) in [4.78, 5) is 14.0. The maximum atomic E-state index is 12.4. The zero-order valence-electron chi connectivity index (χ0n) is 15.6. The number of carbonyl (C=O) groups excluding carboxylic acids is 1. The van der Waals surface area contributed by atoms with Gasteiger partial charge in [-0.05, 0) is 16.3 Å². The van der Waals surface area contributed by atoms with Crippen molar-refractivity contribution >= 4 is 28.4 Å². The number of rotatable bonds is 9. The Balaban J connectivity index is 1.71. The Morgan fingerprint density at radius 1 is 1.11 bits per heavy atom. The minimum atomic E-state index is -0.0246. The summed E-state index contributed by atoms with van der Waals surface area (Å²) in [5, 5.41) is 11.2. The fourth-order valence-electron chi connectivity index (χ4n) is 2.95. The van der Waals surface area contributed by atoms with Crippen LogP contribution < -0.4 is 5.84 Å². The summed E-state index contributed by atoms with van der Waals surface area (Å²) in [6.07, 6.45) is 3.96. The van der Waals surface area contributed by atoms with Crippen molar-refractivity contribution in [2.75, 3.05) is 24.7 Å². The molecular weight excluding hydrogens is 370 g/mol. The number of nitrogens with zero attached hydrogens (tertiary/aromatic N) is 4. The highest BCUT2D eigenvalue weighted by molar-refractivity contribution is 7.99. The molecule has 0 saturated heterocycles. The lowest BCUT2D eigenvalue weighted by Crippen LogP contribution is -2.32. The normalized spacial score (nSPS) is 10.7. The summed E-state index contributed by atoms with van der Waals surface area (Å²) < 4.78 is 1.46. The van der Waals surface area contributed by atoms with Crippen molar-refractivity contribution in [2.24, 2.45) is 0 Å². The average Bonchev–Trinajstić information content (AvgIpc) is 3.06. The first-order valence-electron chi connectivity index (χ1n) is 8.92. The molecule has 1 aromatic heterocycles. The largest absolute Gasteiger partial charge is 0.336 e. The Labute approximate surface area is 168 Å². The van der Waals surface area contributed by atoms with Crippen molar-refractivity contribution in [1.29, 1.82) is 0 Å². The van der Waals surface area contributed by atoms with E-state index in [4.69, 9.17) is 5.84 Å². The molecule has 28 heavy (non-hydrogen) atoms. The highest BCUT2D eigenvalue weighted by Crippen LogP contribution is 2.22. The van der Waals surface area contributed by atoms with Gasteiger partial charge in [0.25, 0.3) is 0 Å². The van der Waals surface area contributed by atoms with Gasteiger partial charge in [-0.1, -0.05) is 66.4 Å². The maximum Gasteiger partial charge on any atom is 0.233 e. The summed E-state index contributed by atoms with van der Waals surface area (Å²) in [5.74, 6) is 7.04. The summed E-state index contributed by atoms with van der Waals surface area (Å²) >= 11 is 1.27. The number of nitrogens with two attached hydrogens (primary N) is 1. The van der Waals surface area contributed by atoms with E-state index in [0.29, 0.717) is 30.5 Å². The molecule has 0 fully saturated rings. The Kier molecular flexibility index (Phi) is 6.49. The second-order valence-electron chi connectivity index (χ2n) is 6.25. The number of benzene rings is 2. The number of fused-ring (bicyclic) bond motifs is 1. The van der Waals surface area contributed by atoms with Crippen LogP contribution >= 0.6 is 11.8 Å². The summed E-state index contributed by atoms with van der Waals surface area (Å²) in [6, 6.07) is 14.4. The molecule has 0 saturated carbocycles. The first-order chi connectivity index (χ1) is 13.6. The van der Waals surface area contributed by atoms with Crippen molar-refractivity contribution in [3.63, 3.8) is 0 Å². The number of aromatic nitrogens is 3.